The minimum absolute atomic E-state index is 0.210. The third-order valence-corrected chi connectivity index (χ3v) is 2.96. The first-order valence-electron chi connectivity index (χ1n) is 5.03. The molecule has 0 aromatic rings. The van der Waals surface area contributed by atoms with Crippen LogP contribution in [0.3, 0.4) is 0 Å². The zero-order chi connectivity index (χ0) is 10.9. The summed E-state index contributed by atoms with van der Waals surface area (Å²) >= 11 is 3.65. The van der Waals surface area contributed by atoms with E-state index in [0.29, 0.717) is 11.5 Å². The molecule has 0 saturated heterocycles. The summed E-state index contributed by atoms with van der Waals surface area (Å²) in [5.74, 6) is 0. The molecule has 1 unspecified atom stereocenters. The van der Waals surface area contributed by atoms with Crippen molar-refractivity contribution in [2.45, 2.75) is 45.7 Å². The number of halogens is 1. The normalized spacial score (nSPS) is 22.6. The largest absolute Gasteiger partial charge is 0.330 e. The lowest BCUT2D eigenvalue weighted by atomic mass is 9.96. The van der Waals surface area contributed by atoms with E-state index in [1.54, 1.807) is 0 Å². The van der Waals surface area contributed by atoms with E-state index in [1.807, 2.05) is 6.34 Å². The molecule has 1 heterocycles. The first kappa shape index (κ1) is 11.8. The maximum absolute atomic E-state index is 4.37. The van der Waals surface area contributed by atoms with Crippen molar-refractivity contribution in [3.05, 3.63) is 0 Å². The highest BCUT2D eigenvalue weighted by molar-refractivity contribution is 9.09. The highest BCUT2D eigenvalue weighted by Gasteiger charge is 2.29. The van der Waals surface area contributed by atoms with E-state index in [9.17, 15) is 0 Å². The van der Waals surface area contributed by atoms with E-state index in [0.717, 1.165) is 6.54 Å². The molecule has 0 saturated carbocycles. The van der Waals surface area contributed by atoms with Crippen molar-refractivity contribution in [1.82, 2.24) is 9.91 Å². The molecule has 0 radical (unpaired) electrons. The summed E-state index contributed by atoms with van der Waals surface area (Å²) in [6.45, 7) is 12.0. The topological polar surface area (TPSA) is 18.8 Å². The van der Waals surface area contributed by atoms with Gasteiger partial charge in [0.25, 0.3) is 0 Å². The Morgan fingerprint density at radius 3 is 2.36 bits per heavy atom. The molecule has 0 fully saturated rings. The number of hydrogen-bond donors (Lipinski definition) is 0. The highest BCUT2D eigenvalue weighted by Crippen LogP contribution is 2.25. The molecule has 1 atom stereocenters. The lowest BCUT2D eigenvalue weighted by Crippen LogP contribution is -2.41. The van der Waals surface area contributed by atoms with Crippen LogP contribution in [0, 0.1) is 5.41 Å². The first-order chi connectivity index (χ1) is 6.31. The second kappa shape index (κ2) is 4.09. The van der Waals surface area contributed by atoms with E-state index in [4.69, 9.17) is 0 Å². The Bertz CT molecular complexity index is 220. The zero-order valence-corrected chi connectivity index (χ0v) is 11.2. The van der Waals surface area contributed by atoms with Gasteiger partial charge in [-0.15, -0.1) is 0 Å². The van der Waals surface area contributed by atoms with Crippen molar-refractivity contribution in [3.63, 3.8) is 0 Å². The molecule has 4 heteroatoms. The minimum Gasteiger partial charge on any atom is -0.330 e. The van der Waals surface area contributed by atoms with Gasteiger partial charge >= 0.3 is 0 Å². The average Bonchev–Trinajstić information content (AvgIpc) is 2.29. The SMILES string of the molecule is CC(C)N1N=CN(CC(C)(C)C)C1Br. The maximum atomic E-state index is 4.37. The van der Waals surface area contributed by atoms with Gasteiger partial charge in [-0.3, -0.25) is 5.01 Å². The molecular formula is C10H20BrN3. The Hall–Kier alpha value is -0.250. The summed E-state index contributed by atoms with van der Waals surface area (Å²) in [6, 6.07) is 0.431. The van der Waals surface area contributed by atoms with Crippen LogP contribution in [0.1, 0.15) is 34.6 Å². The smallest absolute Gasteiger partial charge is 0.176 e. The summed E-state index contributed by atoms with van der Waals surface area (Å²) in [5.41, 5.74) is 0.297. The molecule has 0 spiro atoms. The fourth-order valence-electron chi connectivity index (χ4n) is 1.43. The van der Waals surface area contributed by atoms with Gasteiger partial charge in [-0.05, 0) is 35.2 Å². The van der Waals surface area contributed by atoms with Crippen LogP contribution < -0.4 is 0 Å². The first-order valence-corrected chi connectivity index (χ1v) is 5.95. The number of hydrazone groups is 1. The van der Waals surface area contributed by atoms with E-state index in [-0.39, 0.29) is 5.08 Å². The summed E-state index contributed by atoms with van der Waals surface area (Å²) in [7, 11) is 0. The van der Waals surface area contributed by atoms with Crippen LogP contribution in [0.15, 0.2) is 5.10 Å². The molecule has 0 aromatic carbocycles. The second-order valence-electron chi connectivity index (χ2n) is 5.25. The van der Waals surface area contributed by atoms with Gasteiger partial charge in [0.05, 0.1) is 0 Å². The van der Waals surface area contributed by atoms with Gasteiger partial charge in [-0.2, -0.15) is 5.10 Å². The maximum Gasteiger partial charge on any atom is 0.176 e. The molecule has 0 aromatic heterocycles. The quantitative estimate of drug-likeness (QED) is 0.563. The van der Waals surface area contributed by atoms with Gasteiger partial charge < -0.3 is 4.90 Å². The third-order valence-electron chi connectivity index (χ3n) is 2.01. The summed E-state index contributed by atoms with van der Waals surface area (Å²) in [6.07, 6.45) is 1.92. The molecule has 0 amide bonds. The Labute approximate surface area is 95.3 Å². The molecule has 0 N–H and O–H groups in total. The molecule has 82 valence electrons. The molecule has 0 bridgehead atoms. The van der Waals surface area contributed by atoms with Crippen molar-refractivity contribution < 1.29 is 0 Å². The Balaban J connectivity index is 2.57. The lowest BCUT2D eigenvalue weighted by molar-refractivity contribution is 0.148. The molecule has 1 rings (SSSR count). The highest BCUT2D eigenvalue weighted by atomic mass is 79.9. The number of nitrogens with zero attached hydrogens (tertiary/aromatic N) is 3. The molecule has 1 aliphatic rings. The van der Waals surface area contributed by atoms with Crippen LogP contribution in [0.5, 0.6) is 0 Å². The third kappa shape index (κ3) is 2.87. The van der Waals surface area contributed by atoms with Gasteiger partial charge in [-0.1, -0.05) is 20.8 Å². The van der Waals surface area contributed by atoms with Crippen LogP contribution in [0.25, 0.3) is 0 Å². The predicted octanol–water partition coefficient (Wildman–Crippen LogP) is 2.68. The van der Waals surface area contributed by atoms with Gasteiger partial charge in [0, 0.05) is 12.6 Å². The molecule has 14 heavy (non-hydrogen) atoms. The van der Waals surface area contributed by atoms with E-state index < -0.39 is 0 Å². The summed E-state index contributed by atoms with van der Waals surface area (Å²) < 4.78 is 0. The van der Waals surface area contributed by atoms with Crippen LogP contribution in [-0.2, 0) is 0 Å². The van der Waals surface area contributed by atoms with Crippen LogP contribution in [-0.4, -0.2) is 33.9 Å². The fourth-order valence-corrected chi connectivity index (χ4v) is 2.26. The number of rotatable bonds is 2. The van der Waals surface area contributed by atoms with Gasteiger partial charge in [0.1, 0.15) is 6.34 Å². The Morgan fingerprint density at radius 2 is 2.00 bits per heavy atom. The lowest BCUT2D eigenvalue weighted by Gasteiger charge is -2.32. The average molecular weight is 262 g/mol. The van der Waals surface area contributed by atoms with Crippen molar-refractivity contribution >= 4 is 22.3 Å². The second-order valence-corrected chi connectivity index (χ2v) is 6.07. The minimum atomic E-state index is 0.210. The van der Waals surface area contributed by atoms with E-state index >= 15 is 0 Å². The van der Waals surface area contributed by atoms with Crippen molar-refractivity contribution in [2.24, 2.45) is 10.5 Å². The van der Waals surface area contributed by atoms with Crippen LogP contribution in [0.4, 0.5) is 0 Å². The van der Waals surface area contributed by atoms with Crippen LogP contribution in [0.2, 0.25) is 0 Å². The standard InChI is InChI=1S/C10H20BrN3/c1-8(2)14-9(11)13(7-12-14)6-10(3,4)5/h7-9H,6H2,1-5H3. The van der Waals surface area contributed by atoms with Gasteiger partial charge in [0.2, 0.25) is 0 Å². The zero-order valence-electron chi connectivity index (χ0n) is 9.66. The predicted molar refractivity (Wildman–Crippen MR) is 64.3 cm³/mol. The van der Waals surface area contributed by atoms with Gasteiger partial charge in [-0.25, -0.2) is 0 Å². The van der Waals surface area contributed by atoms with E-state index in [1.165, 1.54) is 0 Å². The summed E-state index contributed by atoms with van der Waals surface area (Å²) in [4.78, 5) is 2.22. The number of hydrogen-bond acceptors (Lipinski definition) is 3. The van der Waals surface area contributed by atoms with Gasteiger partial charge in [0.15, 0.2) is 5.08 Å². The Kier molecular flexibility index (Phi) is 3.45. The molecule has 0 aliphatic carbocycles. The molecular weight excluding hydrogens is 242 g/mol. The Morgan fingerprint density at radius 1 is 1.43 bits per heavy atom. The fraction of sp³-hybridized carbons (Fsp3) is 0.900. The number of alkyl halides is 1. The summed E-state index contributed by atoms with van der Waals surface area (Å²) in [5, 5.41) is 6.64. The van der Waals surface area contributed by atoms with Crippen molar-refractivity contribution in [2.75, 3.05) is 6.54 Å². The van der Waals surface area contributed by atoms with Crippen LogP contribution >= 0.6 is 15.9 Å². The van der Waals surface area contributed by atoms with Crippen molar-refractivity contribution in [3.8, 4) is 0 Å². The molecule has 1 aliphatic heterocycles. The van der Waals surface area contributed by atoms with E-state index in [2.05, 4.69) is 65.6 Å². The monoisotopic (exact) mass is 261 g/mol. The van der Waals surface area contributed by atoms with Crippen molar-refractivity contribution in [1.29, 1.82) is 0 Å². The molecule has 3 nitrogen and oxygen atoms in total.